The van der Waals surface area contributed by atoms with E-state index >= 15 is 0 Å². The highest BCUT2D eigenvalue weighted by molar-refractivity contribution is 8.18. The van der Waals surface area contributed by atoms with E-state index < -0.39 is 11.1 Å². The molecule has 1 aromatic carbocycles. The molecule has 2 rings (SSSR count). The molecule has 0 unspecified atom stereocenters. The first-order valence-electron chi connectivity index (χ1n) is 7.60. The second-order valence-corrected chi connectivity index (χ2v) is 6.24. The molecule has 134 valence electrons. The van der Waals surface area contributed by atoms with Crippen molar-refractivity contribution in [3.63, 3.8) is 0 Å². The fourth-order valence-corrected chi connectivity index (χ4v) is 3.10. The van der Waals surface area contributed by atoms with Gasteiger partial charge in [-0.3, -0.25) is 19.3 Å². The number of benzene rings is 1. The molecule has 1 aliphatic heterocycles. The molecular weight excluding hydrogens is 346 g/mol. The highest BCUT2D eigenvalue weighted by Crippen LogP contribution is 2.34. The summed E-state index contributed by atoms with van der Waals surface area (Å²) in [6, 6.07) is 5.13. The minimum absolute atomic E-state index is 0.104. The highest BCUT2D eigenvalue weighted by atomic mass is 32.2. The van der Waals surface area contributed by atoms with Crippen molar-refractivity contribution in [1.29, 1.82) is 0 Å². The topological polar surface area (TPSA) is 93.1 Å². The average Bonchev–Trinajstić information content (AvgIpc) is 2.87. The van der Waals surface area contributed by atoms with Crippen LogP contribution in [0.5, 0.6) is 11.5 Å². The van der Waals surface area contributed by atoms with Crippen LogP contribution >= 0.6 is 11.8 Å². The molecule has 8 heteroatoms. The lowest BCUT2D eigenvalue weighted by Crippen LogP contribution is -2.33. The van der Waals surface area contributed by atoms with Crippen LogP contribution in [0.1, 0.15) is 18.4 Å². The lowest BCUT2D eigenvalue weighted by molar-refractivity contribution is -0.128. The molecule has 0 radical (unpaired) electrons. The van der Waals surface area contributed by atoms with Gasteiger partial charge in [-0.1, -0.05) is 6.07 Å². The van der Waals surface area contributed by atoms with Crippen molar-refractivity contribution in [3.05, 3.63) is 28.7 Å². The Labute approximate surface area is 149 Å². The van der Waals surface area contributed by atoms with Gasteiger partial charge in [0.05, 0.1) is 25.7 Å². The number of aliphatic hydroxyl groups excluding tert-OH is 1. The number of ether oxygens (including phenoxy) is 2. The van der Waals surface area contributed by atoms with Crippen molar-refractivity contribution >= 4 is 34.8 Å². The monoisotopic (exact) mass is 365 g/mol. The van der Waals surface area contributed by atoms with Gasteiger partial charge in [0.15, 0.2) is 17.3 Å². The third kappa shape index (κ3) is 4.61. The first kappa shape index (κ1) is 19.0. The summed E-state index contributed by atoms with van der Waals surface area (Å²) in [7, 11) is 3.03. The molecule has 1 fully saturated rings. The molecule has 2 amide bonds. The summed E-state index contributed by atoms with van der Waals surface area (Å²) in [5, 5.41) is 8.26. The third-order valence-electron chi connectivity index (χ3n) is 3.53. The number of thioether (sulfide) groups is 1. The predicted octanol–water partition coefficient (Wildman–Crippen LogP) is 2.08. The fourth-order valence-electron chi connectivity index (χ4n) is 2.26. The van der Waals surface area contributed by atoms with E-state index in [-0.39, 0.29) is 30.3 Å². The van der Waals surface area contributed by atoms with E-state index in [2.05, 4.69) is 0 Å². The van der Waals surface area contributed by atoms with Crippen LogP contribution in [0, 0.1) is 0 Å². The molecule has 0 aliphatic carbocycles. The van der Waals surface area contributed by atoms with Crippen molar-refractivity contribution in [2.45, 2.75) is 12.8 Å². The second-order valence-electron chi connectivity index (χ2n) is 5.25. The molecule has 0 bridgehead atoms. The van der Waals surface area contributed by atoms with Crippen LogP contribution in [0.4, 0.5) is 4.79 Å². The number of imide groups is 1. The van der Waals surface area contributed by atoms with Gasteiger partial charge in [0.1, 0.15) is 0 Å². The molecule has 0 aromatic heterocycles. The number of hydrogen-bond acceptors (Lipinski definition) is 7. The van der Waals surface area contributed by atoms with Crippen LogP contribution in [0.2, 0.25) is 0 Å². The van der Waals surface area contributed by atoms with Crippen LogP contribution in [0.15, 0.2) is 23.1 Å². The molecule has 1 aliphatic rings. The SMILES string of the molecule is COc1ccc(/C=C2/SC(=O)N(CC(=O)CCCO)C2=O)cc1OC. The van der Waals surface area contributed by atoms with E-state index in [0.717, 1.165) is 16.7 Å². The Bertz CT molecular complexity index is 715. The molecule has 25 heavy (non-hydrogen) atoms. The minimum Gasteiger partial charge on any atom is -0.493 e. The van der Waals surface area contributed by atoms with Crippen molar-refractivity contribution in [2.24, 2.45) is 0 Å². The first-order chi connectivity index (χ1) is 12.0. The number of ketones is 1. The van der Waals surface area contributed by atoms with E-state index in [4.69, 9.17) is 14.6 Å². The van der Waals surface area contributed by atoms with E-state index in [1.165, 1.54) is 14.2 Å². The Balaban J connectivity index is 2.15. The normalized spacial score (nSPS) is 15.8. The average molecular weight is 365 g/mol. The zero-order chi connectivity index (χ0) is 18.4. The molecule has 1 saturated heterocycles. The van der Waals surface area contributed by atoms with Crippen LogP contribution in [0.25, 0.3) is 6.08 Å². The van der Waals surface area contributed by atoms with E-state index in [1.807, 2.05) is 0 Å². The maximum atomic E-state index is 12.4. The number of carbonyl (C=O) groups is 3. The van der Waals surface area contributed by atoms with E-state index in [9.17, 15) is 14.4 Å². The Kier molecular flexibility index (Phi) is 6.60. The summed E-state index contributed by atoms with van der Waals surface area (Å²) < 4.78 is 10.4. The summed E-state index contributed by atoms with van der Waals surface area (Å²) in [5.41, 5.74) is 0.676. The lowest BCUT2D eigenvalue weighted by atomic mass is 10.1. The van der Waals surface area contributed by atoms with Crippen molar-refractivity contribution in [2.75, 3.05) is 27.4 Å². The number of carbonyl (C=O) groups excluding carboxylic acids is 3. The van der Waals surface area contributed by atoms with Crippen LogP contribution in [-0.4, -0.2) is 54.3 Å². The summed E-state index contributed by atoms with van der Waals surface area (Å²) in [4.78, 5) is 37.3. The Morgan fingerprint density at radius 2 is 1.96 bits per heavy atom. The number of hydrogen-bond donors (Lipinski definition) is 1. The maximum Gasteiger partial charge on any atom is 0.293 e. The number of Topliss-reactive ketones (excluding diaryl/α,β-unsaturated/α-hetero) is 1. The second kappa shape index (κ2) is 8.68. The molecule has 7 nitrogen and oxygen atoms in total. The number of nitrogens with zero attached hydrogens (tertiary/aromatic N) is 1. The summed E-state index contributed by atoms with van der Waals surface area (Å²) >= 11 is 0.791. The molecule has 0 saturated carbocycles. The molecule has 1 heterocycles. The quantitative estimate of drug-likeness (QED) is 0.705. The zero-order valence-corrected chi connectivity index (χ0v) is 14.8. The van der Waals surface area contributed by atoms with Gasteiger partial charge in [0, 0.05) is 13.0 Å². The minimum atomic E-state index is -0.498. The van der Waals surface area contributed by atoms with Gasteiger partial charge in [-0.25, -0.2) is 0 Å². The summed E-state index contributed by atoms with van der Waals surface area (Å²) in [5.74, 6) is 0.308. The van der Waals surface area contributed by atoms with Crippen molar-refractivity contribution in [3.8, 4) is 11.5 Å². The fraction of sp³-hybridized carbons (Fsp3) is 0.353. The van der Waals surface area contributed by atoms with Crippen LogP contribution < -0.4 is 9.47 Å². The molecular formula is C17H19NO6S. The molecule has 0 spiro atoms. The van der Waals surface area contributed by atoms with Crippen molar-refractivity contribution in [1.82, 2.24) is 4.90 Å². The van der Waals surface area contributed by atoms with Crippen molar-refractivity contribution < 1.29 is 29.0 Å². The Morgan fingerprint density at radius 1 is 1.24 bits per heavy atom. The third-order valence-corrected chi connectivity index (χ3v) is 4.43. The standard InChI is InChI=1S/C17H19NO6S/c1-23-13-6-5-11(8-14(13)24-2)9-15-16(21)18(17(22)25-15)10-12(20)4-3-7-19/h5-6,8-9,19H,3-4,7,10H2,1-2H3/b15-9+. The van der Waals surface area contributed by atoms with E-state index in [1.54, 1.807) is 24.3 Å². The number of rotatable bonds is 8. The summed E-state index contributed by atoms with van der Waals surface area (Å²) in [6.07, 6.45) is 2.02. The number of methoxy groups -OCH3 is 2. The first-order valence-corrected chi connectivity index (χ1v) is 8.41. The largest absolute Gasteiger partial charge is 0.493 e. The van der Waals surface area contributed by atoms with Gasteiger partial charge >= 0.3 is 0 Å². The van der Waals surface area contributed by atoms with Gasteiger partial charge in [-0.15, -0.1) is 0 Å². The smallest absolute Gasteiger partial charge is 0.293 e. The van der Waals surface area contributed by atoms with Gasteiger partial charge in [0.25, 0.3) is 11.1 Å². The lowest BCUT2D eigenvalue weighted by Gasteiger charge is -2.11. The molecule has 0 atom stereocenters. The zero-order valence-electron chi connectivity index (χ0n) is 14.0. The predicted molar refractivity (Wildman–Crippen MR) is 93.5 cm³/mol. The molecule has 1 N–H and O–H groups in total. The van der Waals surface area contributed by atoms with Gasteiger partial charge in [-0.05, 0) is 42.0 Å². The highest BCUT2D eigenvalue weighted by Gasteiger charge is 2.36. The Morgan fingerprint density at radius 3 is 2.60 bits per heavy atom. The maximum absolute atomic E-state index is 12.4. The summed E-state index contributed by atoms with van der Waals surface area (Å²) in [6.45, 7) is -0.374. The van der Waals surface area contributed by atoms with Gasteiger partial charge < -0.3 is 14.6 Å². The van der Waals surface area contributed by atoms with Gasteiger partial charge in [0.2, 0.25) is 0 Å². The Hall–Kier alpha value is -2.32. The van der Waals surface area contributed by atoms with Gasteiger partial charge in [-0.2, -0.15) is 0 Å². The molecule has 1 aromatic rings. The number of aliphatic hydroxyl groups is 1. The number of amides is 2. The van der Waals surface area contributed by atoms with Crippen LogP contribution in [0.3, 0.4) is 0 Å². The van der Waals surface area contributed by atoms with E-state index in [0.29, 0.717) is 23.5 Å². The van der Waals surface area contributed by atoms with Crippen LogP contribution in [-0.2, 0) is 9.59 Å².